The molecule has 1 aliphatic heterocycles. The maximum absolute atomic E-state index is 11.7. The Morgan fingerprint density at radius 1 is 1.69 bits per heavy atom. The smallest absolute Gasteiger partial charge is 0.227 e. The molecule has 1 heterocycles. The minimum atomic E-state index is 0.110. The van der Waals surface area contributed by atoms with Crippen molar-refractivity contribution in [2.45, 2.75) is 6.92 Å². The fourth-order valence-electron chi connectivity index (χ4n) is 1.64. The Balaban J connectivity index is 2.52. The molecule has 2 unspecified atom stereocenters. The van der Waals surface area contributed by atoms with Crippen LogP contribution in [0, 0.1) is 24.2 Å². The summed E-state index contributed by atoms with van der Waals surface area (Å²) in [7, 11) is 1.76. The number of amides is 1. The van der Waals surface area contributed by atoms with Crippen molar-refractivity contribution >= 4 is 5.91 Å². The second-order valence-corrected chi connectivity index (χ2v) is 3.64. The van der Waals surface area contributed by atoms with Crippen LogP contribution in [0.2, 0.25) is 0 Å². The van der Waals surface area contributed by atoms with Gasteiger partial charge >= 0.3 is 0 Å². The predicted octanol–water partition coefficient (Wildman–Crippen LogP) is -0.0665. The molecule has 1 fully saturated rings. The molecule has 1 amide bonds. The standard InChI is InChI=1S/C10H16N2O/c1-4-5-12(3)10(13)9-7-11-6-8(9)2/h1,8-9,11H,5-7H2,2-3H3. The number of hydrogen-bond donors (Lipinski definition) is 1. The third-order valence-electron chi connectivity index (χ3n) is 2.54. The molecule has 0 aromatic carbocycles. The van der Waals surface area contributed by atoms with Crippen molar-refractivity contribution in [3.63, 3.8) is 0 Å². The van der Waals surface area contributed by atoms with Crippen molar-refractivity contribution in [1.29, 1.82) is 0 Å². The van der Waals surface area contributed by atoms with E-state index in [1.54, 1.807) is 11.9 Å². The average molecular weight is 180 g/mol. The van der Waals surface area contributed by atoms with E-state index in [0.29, 0.717) is 12.5 Å². The van der Waals surface area contributed by atoms with Crippen LogP contribution in [0.25, 0.3) is 0 Å². The molecule has 13 heavy (non-hydrogen) atoms. The highest BCUT2D eigenvalue weighted by Gasteiger charge is 2.31. The molecule has 0 radical (unpaired) electrons. The van der Waals surface area contributed by atoms with Crippen LogP contribution in [0.1, 0.15) is 6.92 Å². The zero-order valence-electron chi connectivity index (χ0n) is 8.21. The van der Waals surface area contributed by atoms with Crippen LogP contribution in [0.3, 0.4) is 0 Å². The minimum Gasteiger partial charge on any atom is -0.334 e. The van der Waals surface area contributed by atoms with Gasteiger partial charge in [0.2, 0.25) is 5.91 Å². The Labute approximate surface area is 79.5 Å². The molecule has 0 saturated carbocycles. The van der Waals surface area contributed by atoms with Gasteiger partial charge in [-0.25, -0.2) is 0 Å². The van der Waals surface area contributed by atoms with Crippen LogP contribution >= 0.6 is 0 Å². The fraction of sp³-hybridized carbons (Fsp3) is 0.700. The highest BCUT2D eigenvalue weighted by atomic mass is 16.2. The molecule has 72 valence electrons. The lowest BCUT2D eigenvalue weighted by molar-refractivity contribution is -0.134. The Bertz CT molecular complexity index is 232. The van der Waals surface area contributed by atoms with Crippen LogP contribution in [0.5, 0.6) is 0 Å². The maximum atomic E-state index is 11.7. The molecule has 1 aliphatic rings. The van der Waals surface area contributed by atoms with Gasteiger partial charge in [-0.15, -0.1) is 6.42 Å². The van der Waals surface area contributed by atoms with E-state index in [9.17, 15) is 4.79 Å². The minimum absolute atomic E-state index is 0.110. The largest absolute Gasteiger partial charge is 0.334 e. The van der Waals surface area contributed by atoms with Gasteiger partial charge in [0.05, 0.1) is 12.5 Å². The monoisotopic (exact) mass is 180 g/mol. The molecular formula is C10H16N2O. The Kier molecular flexibility index (Phi) is 3.32. The third kappa shape index (κ3) is 2.22. The molecule has 0 bridgehead atoms. The van der Waals surface area contributed by atoms with Crippen molar-refractivity contribution in [2.75, 3.05) is 26.7 Å². The Morgan fingerprint density at radius 3 is 2.85 bits per heavy atom. The predicted molar refractivity (Wildman–Crippen MR) is 52.0 cm³/mol. The average Bonchev–Trinajstić information content (AvgIpc) is 2.50. The van der Waals surface area contributed by atoms with Crippen molar-refractivity contribution in [1.82, 2.24) is 10.2 Å². The summed E-state index contributed by atoms with van der Waals surface area (Å²) < 4.78 is 0. The molecule has 0 aliphatic carbocycles. The lowest BCUT2D eigenvalue weighted by atomic mass is 9.97. The van der Waals surface area contributed by atoms with E-state index in [2.05, 4.69) is 18.2 Å². The van der Waals surface area contributed by atoms with Gasteiger partial charge in [0.15, 0.2) is 0 Å². The second kappa shape index (κ2) is 4.29. The summed E-state index contributed by atoms with van der Waals surface area (Å²) in [5, 5.41) is 3.20. The van der Waals surface area contributed by atoms with Gasteiger partial charge in [0.25, 0.3) is 0 Å². The summed E-state index contributed by atoms with van der Waals surface area (Å²) in [5.41, 5.74) is 0. The SMILES string of the molecule is C#CCN(C)C(=O)C1CNCC1C. The summed E-state index contributed by atoms with van der Waals surface area (Å²) >= 11 is 0. The van der Waals surface area contributed by atoms with Gasteiger partial charge in [0.1, 0.15) is 0 Å². The zero-order valence-corrected chi connectivity index (χ0v) is 8.21. The van der Waals surface area contributed by atoms with Gasteiger partial charge in [0, 0.05) is 13.6 Å². The maximum Gasteiger partial charge on any atom is 0.227 e. The summed E-state index contributed by atoms with van der Waals surface area (Å²) in [5.74, 6) is 3.17. The lowest BCUT2D eigenvalue weighted by Crippen LogP contribution is -2.36. The van der Waals surface area contributed by atoms with Gasteiger partial charge in [-0.05, 0) is 12.5 Å². The number of nitrogens with zero attached hydrogens (tertiary/aromatic N) is 1. The van der Waals surface area contributed by atoms with Gasteiger partial charge in [-0.2, -0.15) is 0 Å². The fourth-order valence-corrected chi connectivity index (χ4v) is 1.64. The van der Waals surface area contributed by atoms with Crippen LogP contribution in [-0.2, 0) is 4.79 Å². The van der Waals surface area contributed by atoms with E-state index < -0.39 is 0 Å². The van der Waals surface area contributed by atoms with Crippen LogP contribution < -0.4 is 5.32 Å². The summed E-state index contributed by atoms with van der Waals surface area (Å²) in [4.78, 5) is 13.4. The zero-order chi connectivity index (χ0) is 9.84. The van der Waals surface area contributed by atoms with E-state index in [1.165, 1.54) is 0 Å². The van der Waals surface area contributed by atoms with Crippen LogP contribution in [0.15, 0.2) is 0 Å². The van der Waals surface area contributed by atoms with Crippen molar-refractivity contribution in [3.05, 3.63) is 0 Å². The number of nitrogens with one attached hydrogen (secondary N) is 1. The Hall–Kier alpha value is -1.01. The molecular weight excluding hydrogens is 164 g/mol. The van der Waals surface area contributed by atoms with Crippen LogP contribution in [0.4, 0.5) is 0 Å². The van der Waals surface area contributed by atoms with E-state index in [4.69, 9.17) is 6.42 Å². The third-order valence-corrected chi connectivity index (χ3v) is 2.54. The van der Waals surface area contributed by atoms with E-state index in [-0.39, 0.29) is 11.8 Å². The van der Waals surface area contributed by atoms with Gasteiger partial charge < -0.3 is 10.2 Å². The first-order valence-electron chi connectivity index (χ1n) is 4.56. The molecule has 2 atom stereocenters. The molecule has 0 aromatic rings. The highest BCUT2D eigenvalue weighted by Crippen LogP contribution is 2.17. The number of carbonyl (C=O) groups excluding carboxylic acids is 1. The summed E-state index contributed by atoms with van der Waals surface area (Å²) in [6.07, 6.45) is 5.14. The van der Waals surface area contributed by atoms with E-state index >= 15 is 0 Å². The summed E-state index contributed by atoms with van der Waals surface area (Å²) in [6, 6.07) is 0. The highest BCUT2D eigenvalue weighted by molar-refractivity contribution is 5.79. The molecule has 1 saturated heterocycles. The van der Waals surface area contributed by atoms with Crippen molar-refractivity contribution < 1.29 is 4.79 Å². The molecule has 1 N–H and O–H groups in total. The number of hydrogen-bond acceptors (Lipinski definition) is 2. The summed E-state index contributed by atoms with van der Waals surface area (Å²) in [6.45, 7) is 4.21. The first-order valence-corrected chi connectivity index (χ1v) is 4.56. The second-order valence-electron chi connectivity index (χ2n) is 3.64. The number of terminal acetylenes is 1. The van der Waals surface area contributed by atoms with Gasteiger partial charge in [-0.1, -0.05) is 12.8 Å². The quantitative estimate of drug-likeness (QED) is 0.603. The first kappa shape index (κ1) is 10.1. The first-order chi connectivity index (χ1) is 6.16. The van der Waals surface area contributed by atoms with E-state index in [0.717, 1.165) is 13.1 Å². The molecule has 3 heteroatoms. The van der Waals surface area contributed by atoms with Crippen molar-refractivity contribution in [2.24, 2.45) is 11.8 Å². The van der Waals surface area contributed by atoms with E-state index in [1.807, 2.05) is 0 Å². The van der Waals surface area contributed by atoms with Crippen molar-refractivity contribution in [3.8, 4) is 12.3 Å². The molecule has 0 spiro atoms. The Morgan fingerprint density at radius 2 is 2.38 bits per heavy atom. The number of carbonyl (C=O) groups is 1. The van der Waals surface area contributed by atoms with Gasteiger partial charge in [-0.3, -0.25) is 4.79 Å². The molecule has 3 nitrogen and oxygen atoms in total. The molecule has 0 aromatic heterocycles. The van der Waals surface area contributed by atoms with Crippen LogP contribution in [-0.4, -0.2) is 37.5 Å². The topological polar surface area (TPSA) is 32.3 Å². The molecule has 1 rings (SSSR count). The number of rotatable bonds is 2. The lowest BCUT2D eigenvalue weighted by Gasteiger charge is -2.20. The normalized spacial score (nSPS) is 26.8.